The summed E-state index contributed by atoms with van der Waals surface area (Å²) in [7, 11) is 0. The number of carbonyl (C=O) groups excluding carboxylic acids is 3. The molecule has 0 saturated carbocycles. The number of aromatic amines is 1. The van der Waals surface area contributed by atoms with Crippen LogP contribution in [-0.4, -0.2) is 75.5 Å². The van der Waals surface area contributed by atoms with Gasteiger partial charge in [-0.25, -0.2) is 9.59 Å². The first-order valence-electron chi connectivity index (χ1n) is 16.1. The molecule has 0 bridgehead atoms. The summed E-state index contributed by atoms with van der Waals surface area (Å²) in [6, 6.07) is 24.9. The van der Waals surface area contributed by atoms with Crippen molar-refractivity contribution >= 4 is 34.8 Å². The van der Waals surface area contributed by atoms with Crippen molar-refractivity contribution in [1.82, 2.24) is 20.9 Å². The number of benzene rings is 4. The number of aliphatic hydroxyl groups is 1. The fraction of sp³-hybridized carbons (Fsp3) is 0.211. The highest BCUT2D eigenvalue weighted by molar-refractivity contribution is 5.94. The first-order valence-corrected chi connectivity index (χ1v) is 16.1. The molecule has 0 spiro atoms. The number of aliphatic hydroxyl groups excluding tert-OH is 1. The topological polar surface area (TPSA) is 190 Å². The highest BCUT2D eigenvalue weighted by Crippen LogP contribution is 2.44. The molecule has 1 aliphatic rings. The Morgan fingerprint density at radius 1 is 0.720 bits per heavy atom. The Morgan fingerprint density at radius 3 is 1.98 bits per heavy atom. The molecule has 0 aliphatic heterocycles. The number of hydrogen-bond acceptors (Lipinski definition) is 7. The van der Waals surface area contributed by atoms with Gasteiger partial charge in [-0.15, -0.1) is 0 Å². The molecule has 3 amide bonds. The van der Waals surface area contributed by atoms with Crippen LogP contribution in [0.3, 0.4) is 0 Å². The highest BCUT2D eigenvalue weighted by Gasteiger charge is 2.32. The summed E-state index contributed by atoms with van der Waals surface area (Å²) in [6.45, 7) is -0.825. The lowest BCUT2D eigenvalue weighted by Gasteiger charge is -2.24. The summed E-state index contributed by atoms with van der Waals surface area (Å²) >= 11 is 0. The summed E-state index contributed by atoms with van der Waals surface area (Å²) < 4.78 is 5.70. The van der Waals surface area contributed by atoms with Gasteiger partial charge in [-0.2, -0.15) is 0 Å². The molecule has 12 nitrogen and oxygen atoms in total. The number of H-pyrrole nitrogens is 1. The molecule has 5 aromatic rings. The molecule has 0 unspecified atom stereocenters. The van der Waals surface area contributed by atoms with Gasteiger partial charge in [-0.3, -0.25) is 9.59 Å². The Labute approximate surface area is 287 Å². The third-order valence-electron chi connectivity index (χ3n) is 8.86. The second kappa shape index (κ2) is 15.0. The second-order valence-electron chi connectivity index (χ2n) is 12.1. The summed E-state index contributed by atoms with van der Waals surface area (Å²) in [5.41, 5.74) is 6.25. The molecule has 0 radical (unpaired) electrons. The van der Waals surface area contributed by atoms with E-state index < -0.39 is 48.6 Å². The standard InChI is InChI=1S/C38H36N4O8/c43-20-34(36(46)40-33(37(47)48)17-22-13-15-24(44)16-14-22)41-35(45)32(18-23-19-39-31-12-6-5-7-25(23)31)42-38(49)50-21-30-28-10-3-1-8-26(28)27-9-2-4-11-29(27)30/h1-16,19,30,32-34,39,43-44H,17-18,20-21H2,(H,40,46)(H,41,45)(H,42,49)(H,47,48)/t32-,33-,34-/m0/s1. The third-order valence-corrected chi connectivity index (χ3v) is 8.86. The fourth-order valence-electron chi connectivity index (χ4n) is 6.32. The summed E-state index contributed by atoms with van der Waals surface area (Å²) in [4.78, 5) is 55.3. The van der Waals surface area contributed by atoms with Crippen LogP contribution in [0.4, 0.5) is 4.79 Å². The van der Waals surface area contributed by atoms with Gasteiger partial charge in [0.1, 0.15) is 30.5 Å². The summed E-state index contributed by atoms with van der Waals surface area (Å²) in [5.74, 6) is -3.26. The Morgan fingerprint density at radius 2 is 1.32 bits per heavy atom. The fourth-order valence-corrected chi connectivity index (χ4v) is 6.32. The quantitative estimate of drug-likeness (QED) is 0.0984. The lowest BCUT2D eigenvalue weighted by molar-refractivity contribution is -0.142. The maximum absolute atomic E-state index is 13.7. The maximum atomic E-state index is 13.7. The maximum Gasteiger partial charge on any atom is 0.407 e. The molecule has 3 atom stereocenters. The number of aromatic hydroxyl groups is 1. The SMILES string of the molecule is O=C(N[C@@H](Cc1c[nH]c2ccccc12)C(=O)N[C@@H](CO)C(=O)N[C@@H](Cc1ccc(O)cc1)C(=O)O)OCC1c2ccccc2-c2ccccc21. The van der Waals surface area contributed by atoms with Crippen LogP contribution >= 0.6 is 0 Å². The van der Waals surface area contributed by atoms with Crippen molar-refractivity contribution in [3.05, 3.63) is 126 Å². The van der Waals surface area contributed by atoms with Crippen LogP contribution in [0.25, 0.3) is 22.0 Å². The number of aromatic nitrogens is 1. The molecular formula is C38H36N4O8. The lowest BCUT2D eigenvalue weighted by Crippen LogP contribution is -2.57. The van der Waals surface area contributed by atoms with Crippen molar-refractivity contribution in [3.8, 4) is 16.9 Å². The molecule has 0 saturated heterocycles. The van der Waals surface area contributed by atoms with E-state index in [1.54, 1.807) is 6.20 Å². The first kappa shape index (κ1) is 33.7. The molecule has 12 heteroatoms. The average molecular weight is 677 g/mol. The number of carbonyl (C=O) groups is 4. The predicted molar refractivity (Wildman–Crippen MR) is 184 cm³/mol. The molecule has 0 fully saturated rings. The molecule has 1 aromatic heterocycles. The number of ether oxygens (including phenoxy) is 1. The second-order valence-corrected chi connectivity index (χ2v) is 12.1. The van der Waals surface area contributed by atoms with Crippen LogP contribution < -0.4 is 16.0 Å². The Bertz CT molecular complexity index is 1980. The number of phenolic OH excluding ortho intramolecular Hbond substituents is 1. The van der Waals surface area contributed by atoms with Gasteiger partial charge in [0.15, 0.2) is 0 Å². The number of alkyl carbamates (subject to hydrolysis) is 1. The van der Waals surface area contributed by atoms with Crippen molar-refractivity contribution in [2.75, 3.05) is 13.2 Å². The largest absolute Gasteiger partial charge is 0.508 e. The van der Waals surface area contributed by atoms with E-state index in [1.165, 1.54) is 24.3 Å². The number of hydrogen-bond donors (Lipinski definition) is 7. The molecule has 1 aliphatic carbocycles. The molecular weight excluding hydrogens is 640 g/mol. The smallest absolute Gasteiger partial charge is 0.407 e. The minimum Gasteiger partial charge on any atom is -0.508 e. The van der Waals surface area contributed by atoms with Crippen LogP contribution in [-0.2, 0) is 32.0 Å². The number of phenols is 1. The van der Waals surface area contributed by atoms with Crippen molar-refractivity contribution in [3.63, 3.8) is 0 Å². The minimum atomic E-state index is -1.53. The predicted octanol–water partition coefficient (Wildman–Crippen LogP) is 3.61. The van der Waals surface area contributed by atoms with E-state index in [9.17, 15) is 34.5 Å². The van der Waals surface area contributed by atoms with Crippen LogP contribution in [0, 0.1) is 0 Å². The number of aliphatic carboxylic acids is 1. The van der Waals surface area contributed by atoms with Crippen molar-refractivity contribution in [1.29, 1.82) is 0 Å². The number of carboxylic acid groups (broad SMARTS) is 1. The first-order chi connectivity index (χ1) is 24.2. The van der Waals surface area contributed by atoms with Gasteiger partial charge in [-0.05, 0) is 51.6 Å². The van der Waals surface area contributed by atoms with E-state index in [2.05, 4.69) is 20.9 Å². The van der Waals surface area contributed by atoms with Gasteiger partial charge < -0.3 is 41.0 Å². The van der Waals surface area contributed by atoms with Crippen molar-refractivity contribution in [2.24, 2.45) is 0 Å². The van der Waals surface area contributed by atoms with E-state index in [0.717, 1.165) is 33.2 Å². The number of nitrogens with one attached hydrogen (secondary N) is 4. The van der Waals surface area contributed by atoms with Gasteiger partial charge in [0.2, 0.25) is 11.8 Å². The molecule has 6 rings (SSSR count). The van der Waals surface area contributed by atoms with Crippen molar-refractivity contribution < 1.29 is 39.2 Å². The van der Waals surface area contributed by atoms with Gasteiger partial charge in [0, 0.05) is 35.9 Å². The number of carboxylic acids is 1. The third kappa shape index (κ3) is 7.45. The molecule has 1 heterocycles. The zero-order valence-electron chi connectivity index (χ0n) is 26.8. The van der Waals surface area contributed by atoms with E-state index in [4.69, 9.17) is 4.74 Å². The molecule has 256 valence electrons. The number of para-hydroxylation sites is 1. The number of fused-ring (bicyclic) bond motifs is 4. The monoisotopic (exact) mass is 676 g/mol. The lowest BCUT2D eigenvalue weighted by atomic mass is 9.98. The Balaban J connectivity index is 1.16. The summed E-state index contributed by atoms with van der Waals surface area (Å²) in [5, 5.41) is 37.6. The summed E-state index contributed by atoms with van der Waals surface area (Å²) in [6.07, 6.45) is 0.774. The number of rotatable bonds is 13. The van der Waals surface area contributed by atoms with E-state index in [1.807, 2.05) is 72.8 Å². The van der Waals surface area contributed by atoms with Crippen LogP contribution in [0.2, 0.25) is 0 Å². The minimum absolute atomic E-state index is 0.00148. The molecule has 50 heavy (non-hydrogen) atoms. The van der Waals surface area contributed by atoms with Gasteiger partial charge in [0.05, 0.1) is 6.61 Å². The van der Waals surface area contributed by atoms with E-state index in [-0.39, 0.29) is 31.1 Å². The molecule has 7 N–H and O–H groups in total. The highest BCUT2D eigenvalue weighted by atomic mass is 16.5. The van der Waals surface area contributed by atoms with E-state index in [0.29, 0.717) is 11.1 Å². The zero-order chi connectivity index (χ0) is 35.2. The van der Waals surface area contributed by atoms with Gasteiger partial charge >= 0.3 is 12.1 Å². The number of amides is 3. The van der Waals surface area contributed by atoms with Crippen molar-refractivity contribution in [2.45, 2.75) is 36.9 Å². The van der Waals surface area contributed by atoms with Gasteiger partial charge in [-0.1, -0.05) is 78.9 Å². The van der Waals surface area contributed by atoms with Crippen LogP contribution in [0.5, 0.6) is 5.75 Å². The van der Waals surface area contributed by atoms with E-state index >= 15 is 0 Å². The Kier molecular flexibility index (Phi) is 10.1. The average Bonchev–Trinajstić information content (AvgIpc) is 3.68. The van der Waals surface area contributed by atoms with Crippen LogP contribution in [0.15, 0.2) is 103 Å². The zero-order valence-corrected chi connectivity index (χ0v) is 26.8. The molecule has 4 aromatic carbocycles. The normalized spacial score (nSPS) is 13.8. The van der Waals surface area contributed by atoms with Gasteiger partial charge in [0.25, 0.3) is 0 Å². The Hall–Kier alpha value is -6.14. The van der Waals surface area contributed by atoms with Crippen LogP contribution in [0.1, 0.15) is 28.2 Å².